The molecular weight excluding hydrogens is 250 g/mol. The van der Waals surface area contributed by atoms with E-state index >= 15 is 0 Å². The molecule has 2 heterocycles. The molecule has 90 valence electrons. The van der Waals surface area contributed by atoms with Crippen LogP contribution in [0.25, 0.3) is 5.65 Å². The number of nitrogens with zero attached hydrogens (tertiary/aromatic N) is 3. The molecule has 0 N–H and O–H groups in total. The maximum atomic E-state index is 6.11. The van der Waals surface area contributed by atoms with E-state index in [1.807, 2.05) is 42.5 Å². The van der Waals surface area contributed by atoms with Crippen molar-refractivity contribution in [3.8, 4) is 5.75 Å². The summed E-state index contributed by atoms with van der Waals surface area (Å²) in [5.41, 5.74) is 0.717. The molecule has 5 heteroatoms. The normalized spacial score (nSPS) is 10.7. The zero-order valence-electron chi connectivity index (χ0n) is 9.45. The summed E-state index contributed by atoms with van der Waals surface area (Å²) >= 11 is 6.11. The Bertz CT molecular complexity index is 666. The molecule has 0 amide bonds. The molecule has 0 radical (unpaired) electrons. The van der Waals surface area contributed by atoms with Gasteiger partial charge >= 0.3 is 0 Å². The van der Waals surface area contributed by atoms with Crippen molar-refractivity contribution in [2.75, 3.05) is 0 Å². The number of benzene rings is 1. The highest BCUT2D eigenvalue weighted by Crippen LogP contribution is 2.15. The average molecular weight is 260 g/mol. The second-order valence-corrected chi connectivity index (χ2v) is 4.15. The van der Waals surface area contributed by atoms with Gasteiger partial charge in [-0.3, -0.25) is 4.40 Å². The molecular formula is C13H10ClN3O. The molecule has 18 heavy (non-hydrogen) atoms. The molecule has 0 fully saturated rings. The Kier molecular flexibility index (Phi) is 2.86. The van der Waals surface area contributed by atoms with Crippen molar-refractivity contribution in [1.82, 2.24) is 14.6 Å². The Morgan fingerprint density at radius 3 is 2.67 bits per heavy atom. The number of hydrogen-bond acceptors (Lipinski definition) is 3. The number of ether oxygens (including phenoxy) is 1. The van der Waals surface area contributed by atoms with Gasteiger partial charge in [-0.25, -0.2) is 0 Å². The van der Waals surface area contributed by atoms with Gasteiger partial charge in [0.1, 0.15) is 17.5 Å². The van der Waals surface area contributed by atoms with Crippen LogP contribution in [0.1, 0.15) is 5.82 Å². The average Bonchev–Trinajstić information content (AvgIpc) is 2.82. The van der Waals surface area contributed by atoms with Gasteiger partial charge in [0.2, 0.25) is 0 Å². The molecule has 0 spiro atoms. The lowest BCUT2D eigenvalue weighted by Crippen LogP contribution is -2.01. The zero-order chi connectivity index (χ0) is 12.4. The lowest BCUT2D eigenvalue weighted by molar-refractivity contribution is 0.294. The van der Waals surface area contributed by atoms with Crippen molar-refractivity contribution in [3.63, 3.8) is 0 Å². The number of fused-ring (bicyclic) bond motifs is 1. The van der Waals surface area contributed by atoms with E-state index in [9.17, 15) is 0 Å². The number of rotatable bonds is 3. The molecule has 0 aliphatic heterocycles. The predicted octanol–water partition coefficient (Wildman–Crippen LogP) is 2.96. The minimum atomic E-state index is 0.328. The number of para-hydroxylation sites is 1. The van der Waals surface area contributed by atoms with Crippen LogP contribution < -0.4 is 4.74 Å². The molecule has 0 bridgehead atoms. The summed E-state index contributed by atoms with van der Waals surface area (Å²) < 4.78 is 7.40. The van der Waals surface area contributed by atoms with Crippen LogP contribution in [-0.4, -0.2) is 14.6 Å². The molecule has 3 aromatic rings. The second kappa shape index (κ2) is 4.66. The van der Waals surface area contributed by atoms with E-state index in [1.54, 1.807) is 10.5 Å². The molecule has 4 nitrogen and oxygen atoms in total. The van der Waals surface area contributed by atoms with E-state index in [-0.39, 0.29) is 0 Å². The molecule has 0 aliphatic rings. The molecule has 0 atom stereocenters. The van der Waals surface area contributed by atoms with Crippen LogP contribution in [0.4, 0.5) is 0 Å². The number of hydrogen-bond donors (Lipinski definition) is 0. The Balaban J connectivity index is 1.87. The highest BCUT2D eigenvalue weighted by molar-refractivity contribution is 6.29. The van der Waals surface area contributed by atoms with Crippen molar-refractivity contribution < 1.29 is 4.74 Å². The van der Waals surface area contributed by atoms with Crippen LogP contribution >= 0.6 is 11.6 Å². The standard InChI is InChI=1S/C13H10ClN3O/c14-11-7-4-8-12-15-16-13(17(11)12)9-18-10-5-2-1-3-6-10/h1-8H,9H2. The summed E-state index contributed by atoms with van der Waals surface area (Å²) in [7, 11) is 0. The molecule has 0 saturated heterocycles. The first-order valence-corrected chi connectivity index (χ1v) is 5.89. The smallest absolute Gasteiger partial charge is 0.176 e. The van der Waals surface area contributed by atoms with E-state index in [4.69, 9.17) is 16.3 Å². The van der Waals surface area contributed by atoms with Gasteiger partial charge in [-0.1, -0.05) is 35.9 Å². The second-order valence-electron chi connectivity index (χ2n) is 3.76. The van der Waals surface area contributed by atoms with E-state index < -0.39 is 0 Å². The Morgan fingerprint density at radius 2 is 1.83 bits per heavy atom. The van der Waals surface area contributed by atoms with Gasteiger partial charge in [0.05, 0.1) is 0 Å². The summed E-state index contributed by atoms with van der Waals surface area (Å²) in [6, 6.07) is 15.1. The van der Waals surface area contributed by atoms with Crippen molar-refractivity contribution in [1.29, 1.82) is 0 Å². The quantitative estimate of drug-likeness (QED) is 0.679. The van der Waals surface area contributed by atoms with E-state index in [0.717, 1.165) is 5.75 Å². The lowest BCUT2D eigenvalue weighted by Gasteiger charge is -2.05. The summed E-state index contributed by atoms with van der Waals surface area (Å²) in [4.78, 5) is 0. The van der Waals surface area contributed by atoms with Crippen LogP contribution in [0.3, 0.4) is 0 Å². The first kappa shape index (κ1) is 11.0. The van der Waals surface area contributed by atoms with Gasteiger partial charge in [0, 0.05) is 0 Å². The Morgan fingerprint density at radius 1 is 1.00 bits per heavy atom. The molecule has 1 aromatic carbocycles. The fraction of sp³-hybridized carbons (Fsp3) is 0.0769. The maximum Gasteiger partial charge on any atom is 0.176 e. The fourth-order valence-corrected chi connectivity index (χ4v) is 1.97. The third-order valence-corrected chi connectivity index (χ3v) is 2.85. The number of halogens is 1. The zero-order valence-corrected chi connectivity index (χ0v) is 10.2. The van der Waals surface area contributed by atoms with Crippen LogP contribution in [0.15, 0.2) is 48.5 Å². The van der Waals surface area contributed by atoms with Gasteiger partial charge in [0.15, 0.2) is 11.5 Å². The highest BCUT2D eigenvalue weighted by atomic mass is 35.5. The largest absolute Gasteiger partial charge is 0.486 e. The first-order valence-electron chi connectivity index (χ1n) is 5.51. The SMILES string of the molecule is Clc1cccc2nnc(COc3ccccc3)n12. The molecule has 2 aromatic heterocycles. The van der Waals surface area contributed by atoms with Gasteiger partial charge in [-0.2, -0.15) is 0 Å². The molecule has 0 aliphatic carbocycles. The monoisotopic (exact) mass is 259 g/mol. The highest BCUT2D eigenvalue weighted by Gasteiger charge is 2.08. The fourth-order valence-electron chi connectivity index (χ4n) is 1.72. The third kappa shape index (κ3) is 2.02. The van der Waals surface area contributed by atoms with E-state index in [1.165, 1.54) is 0 Å². The van der Waals surface area contributed by atoms with Gasteiger partial charge in [-0.15, -0.1) is 10.2 Å². The summed E-state index contributed by atoms with van der Waals surface area (Å²) in [5.74, 6) is 1.47. The van der Waals surface area contributed by atoms with Crippen molar-refractivity contribution in [2.24, 2.45) is 0 Å². The minimum absolute atomic E-state index is 0.328. The lowest BCUT2D eigenvalue weighted by atomic mass is 10.3. The predicted molar refractivity (Wildman–Crippen MR) is 68.8 cm³/mol. The maximum absolute atomic E-state index is 6.11. The van der Waals surface area contributed by atoms with Crippen LogP contribution in [0, 0.1) is 0 Å². The first-order chi connectivity index (χ1) is 8.84. The number of pyridine rings is 1. The topological polar surface area (TPSA) is 39.4 Å². The summed E-state index contributed by atoms with van der Waals surface area (Å²) in [6.07, 6.45) is 0. The molecule has 3 rings (SSSR count). The Hall–Kier alpha value is -2.07. The van der Waals surface area contributed by atoms with Crippen molar-refractivity contribution >= 4 is 17.2 Å². The van der Waals surface area contributed by atoms with Gasteiger partial charge in [0.25, 0.3) is 0 Å². The number of aromatic nitrogens is 3. The van der Waals surface area contributed by atoms with Gasteiger partial charge in [-0.05, 0) is 24.3 Å². The van der Waals surface area contributed by atoms with E-state index in [2.05, 4.69) is 10.2 Å². The van der Waals surface area contributed by atoms with Crippen LogP contribution in [0.2, 0.25) is 5.15 Å². The van der Waals surface area contributed by atoms with E-state index in [0.29, 0.717) is 23.2 Å². The van der Waals surface area contributed by atoms with Crippen LogP contribution in [0.5, 0.6) is 5.75 Å². The Labute approximate surface area is 109 Å². The van der Waals surface area contributed by atoms with Gasteiger partial charge < -0.3 is 4.74 Å². The van der Waals surface area contributed by atoms with Crippen molar-refractivity contribution in [3.05, 3.63) is 59.5 Å². The summed E-state index contributed by atoms with van der Waals surface area (Å²) in [6.45, 7) is 0.328. The van der Waals surface area contributed by atoms with Crippen LogP contribution in [-0.2, 0) is 6.61 Å². The molecule has 0 unspecified atom stereocenters. The minimum Gasteiger partial charge on any atom is -0.486 e. The third-order valence-electron chi connectivity index (χ3n) is 2.56. The summed E-state index contributed by atoms with van der Waals surface area (Å²) in [5, 5.41) is 8.69. The molecule has 0 saturated carbocycles. The van der Waals surface area contributed by atoms with Crippen molar-refractivity contribution in [2.45, 2.75) is 6.61 Å².